The second kappa shape index (κ2) is 3.88. The van der Waals surface area contributed by atoms with Gasteiger partial charge in [-0.25, -0.2) is 0 Å². The van der Waals surface area contributed by atoms with Crippen LogP contribution in [0.3, 0.4) is 0 Å². The molecule has 2 heteroatoms. The number of pyridine rings is 1. The van der Waals surface area contributed by atoms with E-state index in [9.17, 15) is 5.11 Å². The van der Waals surface area contributed by atoms with E-state index in [2.05, 4.69) is 4.98 Å². The topological polar surface area (TPSA) is 33.1 Å². The van der Waals surface area contributed by atoms with E-state index in [0.29, 0.717) is 12.0 Å². The molecule has 0 bridgehead atoms. The van der Waals surface area contributed by atoms with Gasteiger partial charge in [-0.1, -0.05) is 18.9 Å². The number of aromatic nitrogens is 1. The largest absolute Gasteiger partial charge is 0.380 e. The van der Waals surface area contributed by atoms with E-state index in [-0.39, 0.29) is 0 Å². The fourth-order valence-electron chi connectivity index (χ4n) is 1.92. The van der Waals surface area contributed by atoms with Gasteiger partial charge in [-0.15, -0.1) is 0 Å². The lowest BCUT2D eigenvalue weighted by Crippen LogP contribution is -2.11. The maximum absolute atomic E-state index is 9.87. The molecule has 1 aromatic rings. The summed E-state index contributed by atoms with van der Waals surface area (Å²) in [4.78, 5) is 4.14. The number of aliphatic hydroxyl groups is 1. The van der Waals surface area contributed by atoms with Gasteiger partial charge in [-0.2, -0.15) is 0 Å². The molecule has 2 rings (SSSR count). The molecule has 1 aliphatic rings. The number of hydrogen-bond donors (Lipinski definition) is 1. The quantitative estimate of drug-likeness (QED) is 0.751. The third kappa shape index (κ3) is 1.89. The Labute approximate surface area is 78.6 Å². The summed E-state index contributed by atoms with van der Waals surface area (Å²) in [5.74, 6) is 0.356. The average Bonchev–Trinajstić information content (AvgIpc) is 2.71. The summed E-state index contributed by atoms with van der Waals surface area (Å²) in [7, 11) is 0. The third-order valence-corrected chi connectivity index (χ3v) is 2.67. The van der Waals surface area contributed by atoms with Crippen molar-refractivity contribution in [3.05, 3.63) is 36.2 Å². The van der Waals surface area contributed by atoms with Crippen LogP contribution in [0.1, 0.15) is 31.4 Å². The molecule has 69 valence electrons. The molecule has 0 aliphatic heterocycles. The van der Waals surface area contributed by atoms with Crippen molar-refractivity contribution in [1.29, 1.82) is 0 Å². The molecule has 0 atom stereocenters. The van der Waals surface area contributed by atoms with Gasteiger partial charge in [0.15, 0.2) is 0 Å². The molecule has 2 nitrogen and oxygen atoms in total. The molecule has 1 aromatic heterocycles. The molecule has 0 amide bonds. The Kier molecular flexibility index (Phi) is 2.60. The van der Waals surface area contributed by atoms with Gasteiger partial charge in [0.25, 0.3) is 0 Å². The van der Waals surface area contributed by atoms with Crippen LogP contribution in [-0.4, -0.2) is 10.1 Å². The molecule has 1 saturated carbocycles. The molecule has 1 heterocycles. The molecule has 13 heavy (non-hydrogen) atoms. The maximum Gasteiger partial charge on any atom is 0.144 e. The van der Waals surface area contributed by atoms with E-state index in [1.165, 1.54) is 12.8 Å². The van der Waals surface area contributed by atoms with Crippen molar-refractivity contribution in [2.45, 2.75) is 25.7 Å². The molecule has 1 radical (unpaired) electrons. The predicted molar refractivity (Wildman–Crippen MR) is 50.5 cm³/mol. The Balaban J connectivity index is 2.08. The van der Waals surface area contributed by atoms with Crippen LogP contribution in [0.4, 0.5) is 0 Å². The highest BCUT2D eigenvalue weighted by molar-refractivity contribution is 5.19. The summed E-state index contributed by atoms with van der Waals surface area (Å²) in [5, 5.41) is 9.87. The molecular weight excluding hydrogens is 162 g/mol. The predicted octanol–water partition coefficient (Wildman–Crippen LogP) is 2.52. The van der Waals surface area contributed by atoms with Gasteiger partial charge in [0, 0.05) is 6.20 Å². The summed E-state index contributed by atoms with van der Waals surface area (Å²) in [6, 6.07) is 5.65. The van der Waals surface area contributed by atoms with Crippen LogP contribution in [0.25, 0.3) is 0 Å². The molecule has 0 saturated heterocycles. The summed E-state index contributed by atoms with van der Waals surface area (Å²) >= 11 is 0. The van der Waals surface area contributed by atoms with Gasteiger partial charge in [-0.3, -0.25) is 4.98 Å². The van der Waals surface area contributed by atoms with Crippen molar-refractivity contribution in [2.75, 3.05) is 0 Å². The van der Waals surface area contributed by atoms with Crippen LogP contribution in [0, 0.1) is 12.0 Å². The van der Waals surface area contributed by atoms with Gasteiger partial charge in [0.05, 0.1) is 5.69 Å². The lowest BCUT2D eigenvalue weighted by Gasteiger charge is -2.14. The normalized spacial score (nSPS) is 18.3. The summed E-state index contributed by atoms with van der Waals surface area (Å²) < 4.78 is 0. The van der Waals surface area contributed by atoms with E-state index in [4.69, 9.17) is 0 Å². The fourth-order valence-corrected chi connectivity index (χ4v) is 1.92. The third-order valence-electron chi connectivity index (χ3n) is 2.67. The second-order valence-corrected chi connectivity index (χ2v) is 3.58. The number of nitrogens with zero attached hydrogens (tertiary/aromatic N) is 1. The highest BCUT2D eigenvalue weighted by Gasteiger charge is 2.26. The van der Waals surface area contributed by atoms with Crippen molar-refractivity contribution in [3.8, 4) is 0 Å². The van der Waals surface area contributed by atoms with Gasteiger partial charge in [0.1, 0.15) is 6.10 Å². The second-order valence-electron chi connectivity index (χ2n) is 3.58. The summed E-state index contributed by atoms with van der Waals surface area (Å²) in [6.07, 6.45) is 6.91. The van der Waals surface area contributed by atoms with Crippen LogP contribution in [0.15, 0.2) is 24.4 Å². The number of hydrogen-bond acceptors (Lipinski definition) is 2. The SMILES string of the molecule is O[C](c1ccccn1)C1CCCC1. The van der Waals surface area contributed by atoms with E-state index in [1.807, 2.05) is 18.2 Å². The highest BCUT2D eigenvalue weighted by atomic mass is 16.3. The van der Waals surface area contributed by atoms with Crippen LogP contribution in [-0.2, 0) is 0 Å². The van der Waals surface area contributed by atoms with Crippen LogP contribution in [0.2, 0.25) is 0 Å². The first-order valence-corrected chi connectivity index (χ1v) is 4.85. The Morgan fingerprint density at radius 1 is 1.31 bits per heavy atom. The summed E-state index contributed by atoms with van der Waals surface area (Å²) in [5.41, 5.74) is 0.745. The van der Waals surface area contributed by atoms with Gasteiger partial charge in [-0.05, 0) is 30.9 Å². The first-order valence-electron chi connectivity index (χ1n) is 4.85. The Bertz CT molecular complexity index is 254. The standard InChI is InChI=1S/C11H14NO/c13-11(9-5-1-2-6-9)10-7-3-4-8-12-10/h3-4,7-9,13H,1-2,5-6H2. The van der Waals surface area contributed by atoms with Gasteiger partial charge in [0.2, 0.25) is 0 Å². The zero-order valence-electron chi connectivity index (χ0n) is 7.61. The number of aliphatic hydroxyl groups excluding tert-OH is 1. The smallest absolute Gasteiger partial charge is 0.144 e. The van der Waals surface area contributed by atoms with Crippen LogP contribution >= 0.6 is 0 Å². The van der Waals surface area contributed by atoms with E-state index in [0.717, 1.165) is 18.5 Å². The van der Waals surface area contributed by atoms with E-state index in [1.54, 1.807) is 6.20 Å². The lowest BCUT2D eigenvalue weighted by atomic mass is 9.98. The highest BCUT2D eigenvalue weighted by Crippen LogP contribution is 2.33. The first kappa shape index (κ1) is 8.70. The van der Waals surface area contributed by atoms with Gasteiger partial charge >= 0.3 is 0 Å². The molecular formula is C11H14NO. The Morgan fingerprint density at radius 2 is 2.08 bits per heavy atom. The average molecular weight is 176 g/mol. The minimum absolute atomic E-state index is 0.356. The minimum atomic E-state index is 0.356. The van der Waals surface area contributed by atoms with Crippen LogP contribution in [0.5, 0.6) is 0 Å². The van der Waals surface area contributed by atoms with Crippen LogP contribution < -0.4 is 0 Å². The first-order chi connectivity index (χ1) is 6.38. The summed E-state index contributed by atoms with van der Waals surface area (Å²) in [6.45, 7) is 0. The molecule has 0 spiro atoms. The van der Waals surface area contributed by atoms with Crippen molar-refractivity contribution < 1.29 is 5.11 Å². The zero-order valence-corrected chi connectivity index (χ0v) is 7.61. The van der Waals surface area contributed by atoms with Crippen molar-refractivity contribution in [2.24, 2.45) is 5.92 Å². The van der Waals surface area contributed by atoms with Crippen molar-refractivity contribution in [3.63, 3.8) is 0 Å². The molecule has 0 unspecified atom stereocenters. The number of rotatable bonds is 2. The lowest BCUT2D eigenvalue weighted by molar-refractivity contribution is 0.252. The molecule has 1 aliphatic carbocycles. The van der Waals surface area contributed by atoms with E-state index >= 15 is 0 Å². The van der Waals surface area contributed by atoms with Crippen molar-refractivity contribution >= 4 is 0 Å². The Morgan fingerprint density at radius 3 is 2.69 bits per heavy atom. The zero-order chi connectivity index (χ0) is 9.10. The maximum atomic E-state index is 9.87. The van der Waals surface area contributed by atoms with E-state index < -0.39 is 0 Å². The molecule has 0 aromatic carbocycles. The molecule has 1 fully saturated rings. The van der Waals surface area contributed by atoms with Crippen molar-refractivity contribution in [1.82, 2.24) is 4.98 Å². The Hall–Kier alpha value is -0.890. The fraction of sp³-hybridized carbons (Fsp3) is 0.455. The van der Waals surface area contributed by atoms with Gasteiger partial charge < -0.3 is 5.11 Å². The monoisotopic (exact) mass is 176 g/mol. The molecule has 1 N–H and O–H groups in total. The minimum Gasteiger partial charge on any atom is -0.380 e.